The molecule has 0 radical (unpaired) electrons. The number of hydrogen-bond acceptors (Lipinski definition) is 4. The highest BCUT2D eigenvalue weighted by atomic mass is 16.5. The Morgan fingerprint density at radius 3 is 1.97 bits per heavy atom. The number of aliphatic carboxylic acids is 1. The van der Waals surface area contributed by atoms with Crippen molar-refractivity contribution in [3.63, 3.8) is 0 Å². The quantitative estimate of drug-likeness (QED) is 0.654. The third-order valence-corrected chi connectivity index (χ3v) is 7.11. The summed E-state index contributed by atoms with van der Waals surface area (Å²) in [5.74, 6) is -1.55. The summed E-state index contributed by atoms with van der Waals surface area (Å²) in [4.78, 5) is 38.3. The number of ether oxygens (including phenoxy) is 1. The number of carbonyl (C=O) groups excluding carboxylic acids is 2. The van der Waals surface area contributed by atoms with Gasteiger partial charge in [-0.25, -0.2) is 9.59 Å². The van der Waals surface area contributed by atoms with Gasteiger partial charge in [-0.15, -0.1) is 0 Å². The van der Waals surface area contributed by atoms with Gasteiger partial charge in [-0.3, -0.25) is 4.79 Å². The van der Waals surface area contributed by atoms with Crippen molar-refractivity contribution in [2.45, 2.75) is 52.1 Å². The number of amides is 2. The zero-order valence-corrected chi connectivity index (χ0v) is 20.0. The molecular formula is C26H32N2O5. The number of carbonyl (C=O) groups is 3. The van der Waals surface area contributed by atoms with E-state index in [1.807, 2.05) is 36.4 Å². The number of hydrogen-bond donors (Lipinski definition) is 2. The molecule has 2 N–H and O–H groups in total. The predicted octanol–water partition coefficient (Wildman–Crippen LogP) is 4.26. The van der Waals surface area contributed by atoms with Gasteiger partial charge < -0.3 is 20.1 Å². The van der Waals surface area contributed by atoms with Crippen LogP contribution in [0.5, 0.6) is 0 Å². The molecule has 0 saturated carbocycles. The van der Waals surface area contributed by atoms with E-state index < -0.39 is 29.1 Å². The smallest absolute Gasteiger partial charge is 0.407 e. The van der Waals surface area contributed by atoms with E-state index in [9.17, 15) is 19.5 Å². The van der Waals surface area contributed by atoms with Crippen LogP contribution in [0.1, 0.15) is 51.7 Å². The molecule has 0 saturated heterocycles. The van der Waals surface area contributed by atoms with E-state index in [-0.39, 0.29) is 18.4 Å². The number of likely N-dealkylation sites (N-methyl/N-ethyl adjacent to an activating group) is 1. The minimum Gasteiger partial charge on any atom is -0.480 e. The molecule has 7 nitrogen and oxygen atoms in total. The number of carboxylic acid groups (broad SMARTS) is 1. The molecule has 1 atom stereocenters. The second-order valence-electron chi connectivity index (χ2n) is 9.63. The van der Waals surface area contributed by atoms with Gasteiger partial charge in [-0.2, -0.15) is 0 Å². The Morgan fingerprint density at radius 1 is 1.00 bits per heavy atom. The summed E-state index contributed by atoms with van der Waals surface area (Å²) in [5, 5.41) is 12.1. The number of nitrogens with one attached hydrogen (secondary N) is 1. The molecule has 2 aromatic carbocycles. The monoisotopic (exact) mass is 452 g/mol. The van der Waals surface area contributed by atoms with Crippen molar-refractivity contribution < 1.29 is 24.2 Å². The van der Waals surface area contributed by atoms with Crippen LogP contribution < -0.4 is 5.32 Å². The summed E-state index contributed by atoms with van der Waals surface area (Å²) in [7, 11) is 1.45. The Labute approximate surface area is 194 Å². The van der Waals surface area contributed by atoms with Gasteiger partial charge in [-0.1, -0.05) is 48.5 Å². The van der Waals surface area contributed by atoms with E-state index in [1.165, 1.54) is 18.9 Å². The van der Waals surface area contributed by atoms with Gasteiger partial charge in [-0.05, 0) is 56.9 Å². The molecule has 1 aliphatic rings. The van der Waals surface area contributed by atoms with E-state index in [4.69, 9.17) is 4.74 Å². The lowest BCUT2D eigenvalue weighted by Crippen LogP contribution is -2.61. The standard InChI is InChI=1S/C26H32N2O5/c1-16(22(29)30)28(6)23(31)25(2,3)26(4,5)27-24(32)33-15-21-19-13-9-7-11-17(19)18-12-8-10-14-20(18)21/h7-14,16,21H,15H2,1-6H3,(H,27,32)(H,29,30)/t16-/m0/s1. The molecule has 1 aliphatic carbocycles. The molecule has 33 heavy (non-hydrogen) atoms. The number of benzene rings is 2. The van der Waals surface area contributed by atoms with E-state index in [0.717, 1.165) is 22.3 Å². The molecule has 0 aliphatic heterocycles. The van der Waals surface area contributed by atoms with Crippen LogP contribution in [0, 0.1) is 5.41 Å². The summed E-state index contributed by atoms with van der Waals surface area (Å²) < 4.78 is 5.63. The lowest BCUT2D eigenvalue weighted by molar-refractivity contribution is -0.154. The molecule has 0 spiro atoms. The Balaban J connectivity index is 1.70. The Kier molecular flexibility index (Phi) is 6.54. The SMILES string of the molecule is C[C@@H](C(=O)O)N(C)C(=O)C(C)(C)C(C)(C)NC(=O)OCC1c2ccccc2-c2ccccc21. The van der Waals surface area contributed by atoms with Crippen molar-refractivity contribution in [2.75, 3.05) is 13.7 Å². The third kappa shape index (κ3) is 4.45. The molecule has 0 unspecified atom stereocenters. The molecule has 7 heteroatoms. The maximum Gasteiger partial charge on any atom is 0.407 e. The van der Waals surface area contributed by atoms with Crippen LogP contribution in [0.15, 0.2) is 48.5 Å². The maximum absolute atomic E-state index is 13.1. The molecular weight excluding hydrogens is 420 g/mol. The van der Waals surface area contributed by atoms with Crippen LogP contribution in [-0.4, -0.2) is 53.2 Å². The minimum absolute atomic E-state index is 0.0662. The highest BCUT2D eigenvalue weighted by Crippen LogP contribution is 2.44. The second kappa shape index (κ2) is 8.89. The van der Waals surface area contributed by atoms with Gasteiger partial charge in [0.05, 0.1) is 11.0 Å². The summed E-state index contributed by atoms with van der Waals surface area (Å²) in [5.41, 5.74) is 2.43. The zero-order valence-electron chi connectivity index (χ0n) is 20.0. The lowest BCUT2D eigenvalue weighted by atomic mass is 9.73. The van der Waals surface area contributed by atoms with Crippen molar-refractivity contribution in [1.82, 2.24) is 10.2 Å². The van der Waals surface area contributed by atoms with Gasteiger partial charge >= 0.3 is 12.1 Å². The molecule has 0 fully saturated rings. The minimum atomic E-state index is -1.09. The number of carboxylic acids is 1. The van der Waals surface area contributed by atoms with Crippen LogP contribution in [0.4, 0.5) is 4.79 Å². The van der Waals surface area contributed by atoms with E-state index in [0.29, 0.717) is 0 Å². The van der Waals surface area contributed by atoms with E-state index >= 15 is 0 Å². The van der Waals surface area contributed by atoms with Crippen molar-refractivity contribution in [3.05, 3.63) is 59.7 Å². The molecule has 3 rings (SSSR count). The van der Waals surface area contributed by atoms with Crippen molar-refractivity contribution in [3.8, 4) is 11.1 Å². The molecule has 0 aromatic heterocycles. The normalized spacial score (nSPS) is 14.1. The van der Waals surface area contributed by atoms with Crippen LogP contribution in [0.25, 0.3) is 11.1 Å². The number of rotatable bonds is 7. The first kappa shape index (κ1) is 24.3. The van der Waals surface area contributed by atoms with Crippen LogP contribution >= 0.6 is 0 Å². The topological polar surface area (TPSA) is 95.9 Å². The molecule has 176 valence electrons. The zero-order chi connectivity index (χ0) is 24.6. The summed E-state index contributed by atoms with van der Waals surface area (Å²) in [6.45, 7) is 8.44. The van der Waals surface area contributed by atoms with Crippen molar-refractivity contribution >= 4 is 18.0 Å². The molecule has 2 amide bonds. The first-order chi connectivity index (χ1) is 15.4. The summed E-state index contributed by atoms with van der Waals surface area (Å²) >= 11 is 0. The fourth-order valence-corrected chi connectivity index (χ4v) is 4.10. The number of alkyl carbamates (subject to hydrolysis) is 1. The third-order valence-electron chi connectivity index (χ3n) is 7.11. The van der Waals surface area contributed by atoms with Gasteiger partial charge in [0.15, 0.2) is 0 Å². The highest BCUT2D eigenvalue weighted by Gasteiger charge is 2.47. The summed E-state index contributed by atoms with van der Waals surface area (Å²) in [6, 6.07) is 15.2. The Morgan fingerprint density at radius 2 is 1.48 bits per heavy atom. The van der Waals surface area contributed by atoms with Gasteiger partial charge in [0, 0.05) is 13.0 Å². The fourth-order valence-electron chi connectivity index (χ4n) is 4.10. The lowest BCUT2D eigenvalue weighted by Gasteiger charge is -2.43. The van der Waals surface area contributed by atoms with Crippen LogP contribution in [0.3, 0.4) is 0 Å². The predicted molar refractivity (Wildman–Crippen MR) is 126 cm³/mol. The average Bonchev–Trinajstić information content (AvgIpc) is 3.09. The largest absolute Gasteiger partial charge is 0.480 e. The first-order valence-corrected chi connectivity index (χ1v) is 11.0. The van der Waals surface area contributed by atoms with Gasteiger partial charge in [0.2, 0.25) is 5.91 Å². The Bertz CT molecular complexity index is 1030. The van der Waals surface area contributed by atoms with Crippen molar-refractivity contribution in [2.24, 2.45) is 5.41 Å². The molecule has 2 aromatic rings. The van der Waals surface area contributed by atoms with Gasteiger partial charge in [0.25, 0.3) is 0 Å². The summed E-state index contributed by atoms with van der Waals surface area (Å²) in [6.07, 6.45) is -0.628. The Hall–Kier alpha value is -3.35. The average molecular weight is 453 g/mol. The highest BCUT2D eigenvalue weighted by molar-refractivity contribution is 5.88. The molecule has 0 bridgehead atoms. The van der Waals surface area contributed by atoms with Gasteiger partial charge in [0.1, 0.15) is 12.6 Å². The maximum atomic E-state index is 13.1. The van der Waals surface area contributed by atoms with E-state index in [1.54, 1.807) is 27.7 Å². The second-order valence-corrected chi connectivity index (χ2v) is 9.63. The van der Waals surface area contributed by atoms with Crippen LogP contribution in [-0.2, 0) is 14.3 Å². The fraction of sp³-hybridized carbons (Fsp3) is 0.423. The molecule has 0 heterocycles. The number of fused-ring (bicyclic) bond motifs is 3. The van der Waals surface area contributed by atoms with E-state index in [2.05, 4.69) is 17.4 Å². The number of nitrogens with zero attached hydrogens (tertiary/aromatic N) is 1. The van der Waals surface area contributed by atoms with Crippen LogP contribution in [0.2, 0.25) is 0 Å². The van der Waals surface area contributed by atoms with Crippen molar-refractivity contribution in [1.29, 1.82) is 0 Å². The first-order valence-electron chi connectivity index (χ1n) is 11.0.